The molecular formula is C24H20BrN3O4. The second kappa shape index (κ2) is 8.92. The van der Waals surface area contributed by atoms with Crippen LogP contribution < -0.4 is 5.56 Å². The van der Waals surface area contributed by atoms with Crippen LogP contribution in [0.25, 0.3) is 16.5 Å². The van der Waals surface area contributed by atoms with Crippen LogP contribution in [0, 0.1) is 13.8 Å². The number of fused-ring (bicyclic) bond motifs is 1. The Bertz CT molecular complexity index is 1390. The van der Waals surface area contributed by atoms with Gasteiger partial charge < -0.3 is 9.30 Å². The number of rotatable bonds is 6. The molecule has 0 fully saturated rings. The summed E-state index contributed by atoms with van der Waals surface area (Å²) in [7, 11) is 0. The second-order valence-electron chi connectivity index (χ2n) is 7.40. The maximum Gasteiger partial charge on any atom is 0.312 e. The Morgan fingerprint density at radius 2 is 1.75 bits per heavy atom. The van der Waals surface area contributed by atoms with Gasteiger partial charge in [-0.1, -0.05) is 34.1 Å². The number of Topliss-reactive ketones (excluding diaryl/α,β-unsaturated/α-hetero) is 1. The van der Waals surface area contributed by atoms with Gasteiger partial charge in [-0.25, -0.2) is 5.10 Å². The topological polar surface area (TPSA) is 94.1 Å². The van der Waals surface area contributed by atoms with Gasteiger partial charge in [0.15, 0.2) is 6.61 Å². The first-order valence-electron chi connectivity index (χ1n) is 9.95. The van der Waals surface area contributed by atoms with Crippen molar-refractivity contribution in [2.24, 2.45) is 0 Å². The summed E-state index contributed by atoms with van der Waals surface area (Å²) >= 11 is 3.42. The molecule has 0 unspecified atom stereocenters. The number of esters is 1. The summed E-state index contributed by atoms with van der Waals surface area (Å²) in [6, 6.07) is 16.5. The van der Waals surface area contributed by atoms with Crippen LogP contribution in [-0.4, -0.2) is 33.1 Å². The summed E-state index contributed by atoms with van der Waals surface area (Å²) in [6.07, 6.45) is -0.150. The number of benzene rings is 2. The molecule has 0 amide bonds. The summed E-state index contributed by atoms with van der Waals surface area (Å²) in [6.45, 7) is 3.41. The lowest BCUT2D eigenvalue weighted by Gasteiger charge is -2.10. The number of ketones is 1. The molecule has 1 N–H and O–H groups in total. The number of halogens is 1. The number of aryl methyl sites for hydroxylation is 1. The molecule has 162 valence electrons. The molecule has 2 aromatic carbocycles. The predicted octanol–water partition coefficient (Wildman–Crippen LogP) is 4.06. The highest BCUT2D eigenvalue weighted by atomic mass is 79.9. The van der Waals surface area contributed by atoms with E-state index >= 15 is 0 Å². The number of hydrogen-bond acceptors (Lipinski definition) is 5. The van der Waals surface area contributed by atoms with Gasteiger partial charge >= 0.3 is 5.97 Å². The Labute approximate surface area is 192 Å². The minimum absolute atomic E-state index is 0.150. The largest absolute Gasteiger partial charge is 0.457 e. The van der Waals surface area contributed by atoms with E-state index in [9.17, 15) is 14.4 Å². The summed E-state index contributed by atoms with van der Waals surface area (Å²) in [5.41, 5.74) is 3.20. The molecule has 2 aromatic heterocycles. The first-order valence-corrected chi connectivity index (χ1v) is 10.7. The molecule has 2 heterocycles. The van der Waals surface area contributed by atoms with Gasteiger partial charge in [0.05, 0.1) is 17.5 Å². The highest BCUT2D eigenvalue weighted by Gasteiger charge is 2.19. The van der Waals surface area contributed by atoms with Crippen LogP contribution in [0.1, 0.15) is 27.4 Å². The van der Waals surface area contributed by atoms with Crippen molar-refractivity contribution in [1.82, 2.24) is 14.8 Å². The number of nitrogens with one attached hydrogen (secondary N) is 1. The van der Waals surface area contributed by atoms with Gasteiger partial charge in [0.2, 0.25) is 5.78 Å². The zero-order chi connectivity index (χ0) is 22.8. The van der Waals surface area contributed by atoms with Crippen LogP contribution in [-0.2, 0) is 16.0 Å². The molecule has 0 atom stereocenters. The van der Waals surface area contributed by atoms with Crippen molar-refractivity contribution < 1.29 is 14.3 Å². The molecule has 8 heteroatoms. The Balaban J connectivity index is 1.47. The zero-order valence-electron chi connectivity index (χ0n) is 17.5. The summed E-state index contributed by atoms with van der Waals surface area (Å²) in [5, 5.41) is 7.39. The van der Waals surface area contributed by atoms with Crippen molar-refractivity contribution in [1.29, 1.82) is 0 Å². The van der Waals surface area contributed by atoms with Gasteiger partial charge in [0, 0.05) is 32.5 Å². The molecule has 7 nitrogen and oxygen atoms in total. The predicted molar refractivity (Wildman–Crippen MR) is 124 cm³/mol. The number of H-pyrrole nitrogens is 1. The fourth-order valence-electron chi connectivity index (χ4n) is 3.75. The van der Waals surface area contributed by atoms with Crippen molar-refractivity contribution in [2.75, 3.05) is 6.61 Å². The lowest BCUT2D eigenvalue weighted by molar-refractivity contribution is -0.141. The normalized spacial score (nSPS) is 11.0. The van der Waals surface area contributed by atoms with Crippen molar-refractivity contribution >= 4 is 38.5 Å². The van der Waals surface area contributed by atoms with E-state index in [1.54, 1.807) is 30.3 Å². The van der Waals surface area contributed by atoms with E-state index in [0.29, 0.717) is 22.0 Å². The Hall–Kier alpha value is -3.52. The van der Waals surface area contributed by atoms with E-state index < -0.39 is 5.97 Å². The first-order chi connectivity index (χ1) is 15.3. The maximum atomic E-state index is 12.8. The van der Waals surface area contributed by atoms with Crippen molar-refractivity contribution in [3.63, 3.8) is 0 Å². The molecule has 0 spiro atoms. The molecule has 0 aliphatic carbocycles. The SMILES string of the molecule is Cc1cc(C(=O)COC(=O)Cc2n[nH]c(=O)c3ccccc23)c(C)n1-c1ccc(Br)cc1. The molecule has 4 aromatic rings. The number of carbonyl (C=O) groups is 2. The van der Waals surface area contributed by atoms with Crippen molar-refractivity contribution in [2.45, 2.75) is 20.3 Å². The van der Waals surface area contributed by atoms with Crippen molar-refractivity contribution in [3.8, 4) is 5.69 Å². The maximum absolute atomic E-state index is 12.8. The van der Waals surface area contributed by atoms with Crippen LogP contribution in [0.2, 0.25) is 0 Å². The van der Waals surface area contributed by atoms with E-state index in [0.717, 1.165) is 21.5 Å². The number of aromatic nitrogens is 3. The summed E-state index contributed by atoms with van der Waals surface area (Å²) in [5.74, 6) is -0.876. The average molecular weight is 494 g/mol. The van der Waals surface area contributed by atoms with Gasteiger partial charge in [-0.05, 0) is 50.2 Å². The monoisotopic (exact) mass is 493 g/mol. The second-order valence-corrected chi connectivity index (χ2v) is 8.32. The van der Waals surface area contributed by atoms with Crippen LogP contribution in [0.5, 0.6) is 0 Å². The van der Waals surface area contributed by atoms with E-state index in [1.165, 1.54) is 0 Å². The van der Waals surface area contributed by atoms with Gasteiger partial charge in [0.25, 0.3) is 5.56 Å². The molecule has 32 heavy (non-hydrogen) atoms. The Kier molecular flexibility index (Phi) is 6.05. The molecule has 0 aliphatic rings. The molecule has 0 bridgehead atoms. The van der Waals surface area contributed by atoms with E-state index in [-0.39, 0.29) is 24.4 Å². The van der Waals surface area contributed by atoms with Crippen LogP contribution >= 0.6 is 15.9 Å². The number of aromatic amines is 1. The average Bonchev–Trinajstić information content (AvgIpc) is 3.09. The van der Waals surface area contributed by atoms with Crippen LogP contribution in [0.3, 0.4) is 0 Å². The minimum atomic E-state index is -0.593. The summed E-state index contributed by atoms with van der Waals surface area (Å²) in [4.78, 5) is 37.0. The molecule has 0 saturated heterocycles. The van der Waals surface area contributed by atoms with Crippen LogP contribution in [0.4, 0.5) is 0 Å². The van der Waals surface area contributed by atoms with Gasteiger partial charge in [-0.15, -0.1) is 0 Å². The van der Waals surface area contributed by atoms with E-state index in [2.05, 4.69) is 26.1 Å². The molecule has 0 saturated carbocycles. The number of ether oxygens (including phenoxy) is 1. The van der Waals surface area contributed by atoms with Crippen molar-refractivity contribution in [3.05, 3.63) is 92.1 Å². The van der Waals surface area contributed by atoms with Gasteiger partial charge in [0.1, 0.15) is 0 Å². The number of nitrogens with zero attached hydrogens (tertiary/aromatic N) is 2. The lowest BCUT2D eigenvalue weighted by atomic mass is 10.1. The molecular weight excluding hydrogens is 474 g/mol. The zero-order valence-corrected chi connectivity index (χ0v) is 19.1. The smallest absolute Gasteiger partial charge is 0.312 e. The molecule has 4 rings (SSSR count). The Morgan fingerprint density at radius 1 is 1.06 bits per heavy atom. The fraction of sp³-hybridized carbons (Fsp3) is 0.167. The molecule has 0 radical (unpaired) electrons. The quantitative estimate of drug-likeness (QED) is 0.322. The first kappa shape index (κ1) is 21.7. The number of hydrogen-bond donors (Lipinski definition) is 1. The third-order valence-corrected chi connectivity index (χ3v) is 5.80. The van der Waals surface area contributed by atoms with E-state index in [1.807, 2.05) is 42.7 Å². The standard InChI is InChI=1S/C24H20BrN3O4/c1-14-11-20(15(2)28(14)17-9-7-16(25)8-10-17)22(29)13-32-23(30)12-21-18-5-3-4-6-19(18)24(31)27-26-21/h3-11H,12-13H2,1-2H3,(H,27,31). The van der Waals surface area contributed by atoms with Gasteiger partial charge in [-0.3, -0.25) is 14.4 Å². The lowest BCUT2D eigenvalue weighted by Crippen LogP contribution is -2.18. The number of carbonyl (C=O) groups excluding carboxylic acids is 2. The van der Waals surface area contributed by atoms with Gasteiger partial charge in [-0.2, -0.15) is 5.10 Å². The highest BCUT2D eigenvalue weighted by molar-refractivity contribution is 9.10. The highest BCUT2D eigenvalue weighted by Crippen LogP contribution is 2.23. The van der Waals surface area contributed by atoms with Crippen LogP contribution in [0.15, 0.2) is 63.9 Å². The molecule has 0 aliphatic heterocycles. The third kappa shape index (κ3) is 4.27. The third-order valence-electron chi connectivity index (χ3n) is 5.27. The minimum Gasteiger partial charge on any atom is -0.457 e. The van der Waals surface area contributed by atoms with E-state index in [4.69, 9.17) is 4.74 Å². The fourth-order valence-corrected chi connectivity index (χ4v) is 4.01. The summed E-state index contributed by atoms with van der Waals surface area (Å²) < 4.78 is 8.18. The Morgan fingerprint density at radius 3 is 2.47 bits per heavy atom.